The van der Waals surface area contributed by atoms with Crippen molar-refractivity contribution in [2.24, 2.45) is 0 Å². The van der Waals surface area contributed by atoms with Crippen LogP contribution >= 0.6 is 22.9 Å². The van der Waals surface area contributed by atoms with E-state index in [2.05, 4.69) is 33.0 Å². The van der Waals surface area contributed by atoms with Crippen LogP contribution in [0, 0.1) is 0 Å². The predicted octanol–water partition coefficient (Wildman–Crippen LogP) is 4.10. The van der Waals surface area contributed by atoms with Crippen molar-refractivity contribution in [3.8, 4) is 0 Å². The summed E-state index contributed by atoms with van der Waals surface area (Å²) in [7, 11) is 0. The molecule has 2 aromatic carbocycles. The molecular weight excluding hydrogens is 436 g/mol. The van der Waals surface area contributed by atoms with Crippen molar-refractivity contribution in [2.45, 2.75) is 32.4 Å². The lowest BCUT2D eigenvalue weighted by atomic mass is 10.1. The van der Waals surface area contributed by atoms with Gasteiger partial charge in [0.25, 0.3) is 5.91 Å². The molecule has 0 fully saturated rings. The van der Waals surface area contributed by atoms with E-state index < -0.39 is 0 Å². The SMILES string of the molecule is C[C@@H](CCc1ccccc1)NC(=O)COCc1nnc(C(=O)Nc2cccc(Cl)c2)s1. The molecule has 0 bridgehead atoms. The van der Waals surface area contributed by atoms with E-state index in [9.17, 15) is 9.59 Å². The van der Waals surface area contributed by atoms with E-state index in [4.69, 9.17) is 16.3 Å². The third-order valence-electron chi connectivity index (χ3n) is 4.32. The van der Waals surface area contributed by atoms with Crippen LogP contribution in [-0.2, 0) is 22.6 Å². The molecule has 0 saturated carbocycles. The molecule has 3 rings (SSSR count). The highest BCUT2D eigenvalue weighted by molar-refractivity contribution is 7.13. The lowest BCUT2D eigenvalue weighted by molar-refractivity contribution is -0.126. The van der Waals surface area contributed by atoms with Gasteiger partial charge in [-0.1, -0.05) is 59.3 Å². The average Bonchev–Trinajstić information content (AvgIpc) is 3.22. The largest absolute Gasteiger partial charge is 0.364 e. The molecule has 3 aromatic rings. The van der Waals surface area contributed by atoms with E-state index in [1.165, 1.54) is 5.56 Å². The van der Waals surface area contributed by atoms with Crippen LogP contribution in [0.5, 0.6) is 0 Å². The summed E-state index contributed by atoms with van der Waals surface area (Å²) >= 11 is 7.02. The Bertz CT molecular complexity index is 1010. The first kappa shape index (κ1) is 22.9. The lowest BCUT2D eigenvalue weighted by Crippen LogP contribution is -2.35. The zero-order valence-electron chi connectivity index (χ0n) is 17.0. The molecule has 0 aliphatic carbocycles. The van der Waals surface area contributed by atoms with Gasteiger partial charge < -0.3 is 15.4 Å². The number of halogens is 1. The molecule has 1 aromatic heterocycles. The summed E-state index contributed by atoms with van der Waals surface area (Å²) in [5.41, 5.74) is 1.81. The third-order valence-corrected chi connectivity index (χ3v) is 5.45. The van der Waals surface area contributed by atoms with Gasteiger partial charge in [0, 0.05) is 16.8 Å². The smallest absolute Gasteiger partial charge is 0.286 e. The number of nitrogens with zero attached hydrogens (tertiary/aromatic N) is 2. The fourth-order valence-electron chi connectivity index (χ4n) is 2.80. The molecule has 1 atom stereocenters. The van der Waals surface area contributed by atoms with Crippen molar-refractivity contribution in [3.63, 3.8) is 0 Å². The van der Waals surface area contributed by atoms with Crippen LogP contribution in [0.1, 0.15) is 33.7 Å². The Kier molecular flexibility index (Phi) is 8.52. The highest BCUT2D eigenvalue weighted by Gasteiger charge is 2.14. The van der Waals surface area contributed by atoms with Gasteiger partial charge in [0.2, 0.25) is 10.9 Å². The molecule has 7 nitrogen and oxygen atoms in total. The maximum atomic E-state index is 12.3. The van der Waals surface area contributed by atoms with Crippen LogP contribution in [0.25, 0.3) is 0 Å². The first-order valence-electron chi connectivity index (χ1n) is 9.80. The highest BCUT2D eigenvalue weighted by Crippen LogP contribution is 2.17. The van der Waals surface area contributed by atoms with Crippen LogP contribution in [0.15, 0.2) is 54.6 Å². The molecule has 0 aliphatic rings. The van der Waals surface area contributed by atoms with E-state index in [0.717, 1.165) is 24.2 Å². The maximum absolute atomic E-state index is 12.3. The van der Waals surface area contributed by atoms with E-state index >= 15 is 0 Å². The second-order valence-corrected chi connectivity index (χ2v) is 8.45. The Hall–Kier alpha value is -2.81. The molecule has 162 valence electrons. The summed E-state index contributed by atoms with van der Waals surface area (Å²) in [4.78, 5) is 24.3. The summed E-state index contributed by atoms with van der Waals surface area (Å²) in [6, 6.07) is 17.0. The quantitative estimate of drug-likeness (QED) is 0.477. The number of aromatic nitrogens is 2. The van der Waals surface area contributed by atoms with Crippen molar-refractivity contribution >= 4 is 40.4 Å². The van der Waals surface area contributed by atoms with Crippen LogP contribution in [0.4, 0.5) is 5.69 Å². The van der Waals surface area contributed by atoms with E-state index in [1.807, 2.05) is 25.1 Å². The highest BCUT2D eigenvalue weighted by atomic mass is 35.5. The molecule has 0 saturated heterocycles. The van der Waals surface area contributed by atoms with Gasteiger partial charge in [-0.2, -0.15) is 0 Å². The summed E-state index contributed by atoms with van der Waals surface area (Å²) in [6.07, 6.45) is 1.74. The number of aryl methyl sites for hydroxylation is 1. The second-order valence-electron chi connectivity index (χ2n) is 6.95. The maximum Gasteiger partial charge on any atom is 0.286 e. The van der Waals surface area contributed by atoms with Gasteiger partial charge in [-0.25, -0.2) is 0 Å². The van der Waals surface area contributed by atoms with Crippen LogP contribution in [0.2, 0.25) is 5.02 Å². The van der Waals surface area contributed by atoms with Crippen molar-refractivity contribution in [2.75, 3.05) is 11.9 Å². The molecule has 0 radical (unpaired) electrons. The van der Waals surface area contributed by atoms with Gasteiger partial charge in [0.05, 0.1) is 0 Å². The molecule has 1 heterocycles. The summed E-state index contributed by atoms with van der Waals surface area (Å²) < 4.78 is 5.42. The van der Waals surface area contributed by atoms with Gasteiger partial charge in [0.1, 0.15) is 18.2 Å². The standard InChI is InChI=1S/C22H23ClN4O3S/c1-15(10-11-16-6-3-2-4-7-16)24-19(28)13-30-14-20-26-27-22(31-20)21(29)25-18-9-5-8-17(23)12-18/h2-9,12,15H,10-11,13-14H2,1H3,(H,24,28)(H,25,29)/t15-/m0/s1. The number of benzene rings is 2. The molecule has 0 unspecified atom stereocenters. The minimum absolute atomic E-state index is 0.0413. The molecule has 2 amide bonds. The number of anilines is 1. The van der Waals surface area contributed by atoms with E-state index in [0.29, 0.717) is 15.7 Å². The Morgan fingerprint density at radius 3 is 2.71 bits per heavy atom. The minimum Gasteiger partial charge on any atom is -0.364 e. The number of carbonyl (C=O) groups excluding carboxylic acids is 2. The van der Waals surface area contributed by atoms with E-state index in [1.54, 1.807) is 24.3 Å². The van der Waals surface area contributed by atoms with Crippen molar-refractivity contribution in [1.29, 1.82) is 0 Å². The van der Waals surface area contributed by atoms with Crippen LogP contribution in [0.3, 0.4) is 0 Å². The van der Waals surface area contributed by atoms with Crippen LogP contribution in [-0.4, -0.2) is 34.7 Å². The lowest BCUT2D eigenvalue weighted by Gasteiger charge is -2.13. The van der Waals surface area contributed by atoms with Gasteiger partial charge in [-0.15, -0.1) is 10.2 Å². The zero-order valence-corrected chi connectivity index (χ0v) is 18.6. The zero-order chi connectivity index (χ0) is 22.1. The normalized spacial score (nSPS) is 11.7. The predicted molar refractivity (Wildman–Crippen MR) is 121 cm³/mol. The monoisotopic (exact) mass is 458 g/mol. The van der Waals surface area contributed by atoms with Gasteiger partial charge in [0.15, 0.2) is 0 Å². The average molecular weight is 459 g/mol. The first-order chi connectivity index (χ1) is 15.0. The molecule has 9 heteroatoms. The van der Waals surface area contributed by atoms with Gasteiger partial charge >= 0.3 is 0 Å². The molecule has 0 spiro atoms. The number of nitrogens with one attached hydrogen (secondary N) is 2. The van der Waals surface area contributed by atoms with E-state index in [-0.39, 0.29) is 36.1 Å². The third kappa shape index (κ3) is 7.75. The van der Waals surface area contributed by atoms with Crippen molar-refractivity contribution in [1.82, 2.24) is 15.5 Å². The Morgan fingerprint density at radius 1 is 1.13 bits per heavy atom. The number of ether oxygens (including phenoxy) is 1. The van der Waals surface area contributed by atoms with Gasteiger partial charge in [-0.05, 0) is 43.5 Å². The molecule has 0 aliphatic heterocycles. The summed E-state index contributed by atoms with van der Waals surface area (Å²) in [5.74, 6) is -0.569. The minimum atomic E-state index is -0.379. The fourth-order valence-corrected chi connectivity index (χ4v) is 3.66. The summed E-state index contributed by atoms with van der Waals surface area (Å²) in [5, 5.41) is 14.7. The number of amides is 2. The second kappa shape index (κ2) is 11.5. The van der Waals surface area contributed by atoms with Crippen molar-refractivity contribution < 1.29 is 14.3 Å². The molecular formula is C22H23ClN4O3S. The Morgan fingerprint density at radius 2 is 1.94 bits per heavy atom. The fraction of sp³-hybridized carbons (Fsp3) is 0.273. The molecule has 31 heavy (non-hydrogen) atoms. The topological polar surface area (TPSA) is 93.2 Å². The molecule has 2 N–H and O–H groups in total. The number of carbonyl (C=O) groups is 2. The Balaban J connectivity index is 1.37. The number of hydrogen-bond donors (Lipinski definition) is 2. The summed E-state index contributed by atoms with van der Waals surface area (Å²) in [6.45, 7) is 1.99. The van der Waals surface area contributed by atoms with Crippen LogP contribution < -0.4 is 10.6 Å². The first-order valence-corrected chi connectivity index (χ1v) is 11.0. The van der Waals surface area contributed by atoms with Crippen molar-refractivity contribution in [3.05, 3.63) is 75.2 Å². The number of hydrogen-bond acceptors (Lipinski definition) is 6. The Labute approximate surface area is 189 Å². The number of rotatable bonds is 10. The van der Waals surface area contributed by atoms with Gasteiger partial charge in [-0.3, -0.25) is 9.59 Å².